The molecule has 1 rings (SSSR count). The fourth-order valence-corrected chi connectivity index (χ4v) is 2.41. The first-order chi connectivity index (χ1) is 10.8. The van der Waals surface area contributed by atoms with E-state index in [1.807, 2.05) is 52.0 Å². The van der Waals surface area contributed by atoms with E-state index in [4.69, 9.17) is 0 Å². The molecule has 5 nitrogen and oxygen atoms in total. The number of hydrogen-bond donors (Lipinski definition) is 2. The summed E-state index contributed by atoms with van der Waals surface area (Å²) in [5.41, 5.74) is 1.90. The third-order valence-electron chi connectivity index (χ3n) is 3.84. The molecule has 0 aliphatic rings. The molecule has 0 aliphatic carbocycles. The second-order valence-electron chi connectivity index (χ2n) is 6.23. The molecule has 0 aliphatic heterocycles. The van der Waals surface area contributed by atoms with Gasteiger partial charge in [0.1, 0.15) is 6.04 Å². The lowest BCUT2D eigenvalue weighted by atomic mass is 10.0. The molecule has 2 atom stereocenters. The molecule has 2 amide bonds. The van der Waals surface area contributed by atoms with Gasteiger partial charge in [0.15, 0.2) is 0 Å². The zero-order chi connectivity index (χ0) is 17.6. The van der Waals surface area contributed by atoms with Crippen LogP contribution in [0.15, 0.2) is 24.3 Å². The quantitative estimate of drug-likeness (QED) is 0.808. The SMILES string of the molecule is CCN(CC(O)c1ccc(C)cc1)C(=O)C(NC(C)=O)C(C)C. The fourth-order valence-electron chi connectivity index (χ4n) is 2.41. The molecular formula is C18H28N2O3. The van der Waals surface area contributed by atoms with Crippen LogP contribution in [0.1, 0.15) is 44.9 Å². The number of amides is 2. The van der Waals surface area contributed by atoms with Gasteiger partial charge in [-0.3, -0.25) is 9.59 Å². The topological polar surface area (TPSA) is 69.6 Å². The predicted molar refractivity (Wildman–Crippen MR) is 90.8 cm³/mol. The number of likely N-dealkylation sites (N-methyl/N-ethyl adjacent to an activating group) is 1. The van der Waals surface area contributed by atoms with E-state index < -0.39 is 12.1 Å². The lowest BCUT2D eigenvalue weighted by molar-refractivity contribution is -0.138. The molecule has 23 heavy (non-hydrogen) atoms. The van der Waals surface area contributed by atoms with Gasteiger partial charge in [-0.2, -0.15) is 0 Å². The van der Waals surface area contributed by atoms with E-state index in [9.17, 15) is 14.7 Å². The van der Waals surface area contributed by atoms with Crippen molar-refractivity contribution in [2.24, 2.45) is 5.92 Å². The molecule has 0 heterocycles. The van der Waals surface area contributed by atoms with Crippen molar-refractivity contribution >= 4 is 11.8 Å². The minimum absolute atomic E-state index is 0.0167. The number of aryl methyl sites for hydroxylation is 1. The highest BCUT2D eigenvalue weighted by atomic mass is 16.3. The lowest BCUT2D eigenvalue weighted by Gasteiger charge is -2.30. The zero-order valence-electron chi connectivity index (χ0n) is 14.7. The van der Waals surface area contributed by atoms with Crippen LogP contribution in [0.2, 0.25) is 0 Å². The van der Waals surface area contributed by atoms with E-state index in [0.29, 0.717) is 6.54 Å². The highest BCUT2D eigenvalue weighted by Gasteiger charge is 2.28. The van der Waals surface area contributed by atoms with Crippen LogP contribution in [0.3, 0.4) is 0 Å². The van der Waals surface area contributed by atoms with Crippen molar-refractivity contribution in [1.29, 1.82) is 0 Å². The Kier molecular flexibility index (Phi) is 7.23. The zero-order valence-corrected chi connectivity index (χ0v) is 14.7. The van der Waals surface area contributed by atoms with Crippen LogP contribution in [0.25, 0.3) is 0 Å². The Morgan fingerprint density at radius 1 is 1.22 bits per heavy atom. The maximum atomic E-state index is 12.7. The molecule has 0 saturated heterocycles. The Labute approximate surface area is 138 Å². The number of nitrogens with zero attached hydrogens (tertiary/aromatic N) is 1. The smallest absolute Gasteiger partial charge is 0.245 e. The number of benzene rings is 1. The number of carbonyl (C=O) groups is 2. The summed E-state index contributed by atoms with van der Waals surface area (Å²) in [5, 5.41) is 13.1. The van der Waals surface area contributed by atoms with Gasteiger partial charge >= 0.3 is 0 Å². The number of aliphatic hydroxyl groups excluding tert-OH is 1. The summed E-state index contributed by atoms with van der Waals surface area (Å²) in [6.07, 6.45) is -0.746. The van der Waals surface area contributed by atoms with Crippen molar-refractivity contribution in [3.05, 3.63) is 35.4 Å². The van der Waals surface area contributed by atoms with Crippen LogP contribution in [-0.2, 0) is 9.59 Å². The number of carbonyl (C=O) groups excluding carboxylic acids is 2. The first kappa shape index (κ1) is 19.2. The minimum Gasteiger partial charge on any atom is -0.387 e. The van der Waals surface area contributed by atoms with Crippen LogP contribution in [0.5, 0.6) is 0 Å². The Bertz CT molecular complexity index is 526. The lowest BCUT2D eigenvalue weighted by Crippen LogP contribution is -2.51. The summed E-state index contributed by atoms with van der Waals surface area (Å²) in [4.78, 5) is 25.6. The van der Waals surface area contributed by atoms with Crippen LogP contribution >= 0.6 is 0 Å². The summed E-state index contributed by atoms with van der Waals surface area (Å²) in [5.74, 6) is -0.409. The second kappa shape index (κ2) is 8.67. The van der Waals surface area contributed by atoms with Gasteiger partial charge in [-0.1, -0.05) is 43.7 Å². The first-order valence-electron chi connectivity index (χ1n) is 8.06. The maximum Gasteiger partial charge on any atom is 0.245 e. The van der Waals surface area contributed by atoms with Crippen LogP contribution in [0.4, 0.5) is 0 Å². The Morgan fingerprint density at radius 2 is 1.78 bits per heavy atom. The second-order valence-corrected chi connectivity index (χ2v) is 6.23. The van der Waals surface area contributed by atoms with Crippen molar-refractivity contribution in [2.45, 2.75) is 46.8 Å². The Hall–Kier alpha value is -1.88. The number of aliphatic hydroxyl groups is 1. The fraction of sp³-hybridized carbons (Fsp3) is 0.556. The van der Waals surface area contributed by atoms with Gasteiger partial charge in [0.05, 0.1) is 12.6 Å². The normalized spacial score (nSPS) is 13.5. The van der Waals surface area contributed by atoms with Gasteiger partial charge in [0, 0.05) is 13.5 Å². The highest BCUT2D eigenvalue weighted by Crippen LogP contribution is 2.16. The molecule has 1 aromatic rings. The summed E-state index contributed by atoms with van der Waals surface area (Å²) < 4.78 is 0. The van der Waals surface area contributed by atoms with E-state index in [0.717, 1.165) is 11.1 Å². The van der Waals surface area contributed by atoms with Crippen molar-refractivity contribution in [1.82, 2.24) is 10.2 Å². The Morgan fingerprint density at radius 3 is 2.22 bits per heavy atom. The van der Waals surface area contributed by atoms with E-state index in [2.05, 4.69) is 5.32 Å². The third-order valence-corrected chi connectivity index (χ3v) is 3.84. The highest BCUT2D eigenvalue weighted by molar-refractivity contribution is 5.87. The average molecular weight is 320 g/mol. The van der Waals surface area contributed by atoms with Gasteiger partial charge < -0.3 is 15.3 Å². The standard InChI is InChI=1S/C18H28N2O3/c1-6-20(18(23)17(12(2)3)19-14(5)21)11-16(22)15-9-7-13(4)8-10-15/h7-10,12,16-17,22H,6,11H2,1-5H3,(H,19,21). The largest absolute Gasteiger partial charge is 0.387 e. The molecule has 2 N–H and O–H groups in total. The molecule has 0 saturated carbocycles. The van der Waals surface area contributed by atoms with E-state index in [-0.39, 0.29) is 24.3 Å². The number of nitrogens with one attached hydrogen (secondary N) is 1. The molecule has 0 spiro atoms. The summed E-state index contributed by atoms with van der Waals surface area (Å²) in [7, 11) is 0. The molecular weight excluding hydrogens is 292 g/mol. The minimum atomic E-state index is -0.746. The summed E-state index contributed by atoms with van der Waals surface area (Å²) in [6, 6.07) is 7.03. The molecule has 0 bridgehead atoms. The van der Waals surface area contributed by atoms with Gasteiger partial charge in [-0.25, -0.2) is 0 Å². The van der Waals surface area contributed by atoms with E-state index in [1.54, 1.807) is 4.90 Å². The molecule has 1 aromatic carbocycles. The molecule has 5 heteroatoms. The van der Waals surface area contributed by atoms with Gasteiger partial charge in [0.25, 0.3) is 0 Å². The van der Waals surface area contributed by atoms with Gasteiger partial charge in [-0.15, -0.1) is 0 Å². The summed E-state index contributed by atoms with van der Waals surface area (Å²) in [6.45, 7) is 9.72. The molecule has 0 radical (unpaired) electrons. The van der Waals surface area contributed by atoms with Crippen molar-refractivity contribution in [2.75, 3.05) is 13.1 Å². The van der Waals surface area contributed by atoms with E-state index in [1.165, 1.54) is 6.92 Å². The first-order valence-corrected chi connectivity index (χ1v) is 8.06. The number of hydrogen-bond acceptors (Lipinski definition) is 3. The molecule has 0 aromatic heterocycles. The van der Waals surface area contributed by atoms with E-state index >= 15 is 0 Å². The van der Waals surface area contributed by atoms with Crippen LogP contribution in [-0.4, -0.2) is 41.0 Å². The molecule has 2 unspecified atom stereocenters. The van der Waals surface area contributed by atoms with Gasteiger partial charge in [0.2, 0.25) is 11.8 Å². The van der Waals surface area contributed by atoms with Crippen molar-refractivity contribution < 1.29 is 14.7 Å². The van der Waals surface area contributed by atoms with Crippen molar-refractivity contribution in [3.63, 3.8) is 0 Å². The monoisotopic (exact) mass is 320 g/mol. The maximum absolute atomic E-state index is 12.7. The van der Waals surface area contributed by atoms with Crippen LogP contribution < -0.4 is 5.32 Å². The molecule has 0 fully saturated rings. The average Bonchev–Trinajstić information content (AvgIpc) is 2.49. The number of rotatable bonds is 7. The summed E-state index contributed by atoms with van der Waals surface area (Å²) >= 11 is 0. The molecule has 128 valence electrons. The van der Waals surface area contributed by atoms with Crippen LogP contribution in [0, 0.1) is 12.8 Å². The van der Waals surface area contributed by atoms with Gasteiger partial charge in [-0.05, 0) is 25.3 Å². The third kappa shape index (κ3) is 5.67. The predicted octanol–water partition coefficient (Wildman–Crippen LogP) is 2.04. The van der Waals surface area contributed by atoms with Crippen molar-refractivity contribution in [3.8, 4) is 0 Å². The Balaban J connectivity index is 2.83.